The molecule has 0 saturated heterocycles. The molecule has 2 heterocycles. The summed E-state index contributed by atoms with van der Waals surface area (Å²) in [5.74, 6) is 2.92. The highest BCUT2D eigenvalue weighted by molar-refractivity contribution is 9.10. The lowest BCUT2D eigenvalue weighted by Crippen LogP contribution is -2.16. The summed E-state index contributed by atoms with van der Waals surface area (Å²) in [6.07, 6.45) is -0.771. The first-order chi connectivity index (χ1) is 9.99. The predicted octanol–water partition coefficient (Wildman–Crippen LogP) is 3.82. The van der Waals surface area contributed by atoms with Crippen LogP contribution in [0.3, 0.4) is 0 Å². The van der Waals surface area contributed by atoms with E-state index in [4.69, 9.17) is 13.9 Å². The highest BCUT2D eigenvalue weighted by Crippen LogP contribution is 2.41. The van der Waals surface area contributed by atoms with E-state index in [2.05, 4.69) is 15.9 Å². The van der Waals surface area contributed by atoms with Crippen LogP contribution in [0, 0.1) is 20.8 Å². The Hall–Kier alpha value is -1.46. The molecule has 0 saturated carbocycles. The Morgan fingerprint density at radius 1 is 1.05 bits per heavy atom. The zero-order valence-corrected chi connectivity index (χ0v) is 13.8. The van der Waals surface area contributed by atoms with Gasteiger partial charge in [0.2, 0.25) is 0 Å². The van der Waals surface area contributed by atoms with Crippen LogP contribution in [0.4, 0.5) is 0 Å². The van der Waals surface area contributed by atoms with Crippen molar-refractivity contribution in [2.24, 2.45) is 0 Å². The van der Waals surface area contributed by atoms with Gasteiger partial charge in [0.1, 0.15) is 30.8 Å². The Bertz CT molecular complexity index is 690. The van der Waals surface area contributed by atoms with Crippen molar-refractivity contribution < 1.29 is 19.0 Å². The SMILES string of the molecule is Cc1oc(C)c(C(O)c2cc3c(cc2Br)OCCO3)c1C. The second-order valence-corrected chi connectivity index (χ2v) is 6.03. The van der Waals surface area contributed by atoms with E-state index in [0.717, 1.165) is 32.7 Å². The number of furan rings is 1. The van der Waals surface area contributed by atoms with Crippen LogP contribution in [-0.4, -0.2) is 18.3 Å². The zero-order chi connectivity index (χ0) is 15.1. The summed E-state index contributed by atoms with van der Waals surface area (Å²) >= 11 is 3.50. The maximum atomic E-state index is 10.8. The second-order valence-electron chi connectivity index (χ2n) is 5.17. The van der Waals surface area contributed by atoms with E-state index < -0.39 is 6.10 Å². The summed E-state index contributed by atoms with van der Waals surface area (Å²) in [6.45, 7) is 6.78. The lowest BCUT2D eigenvalue weighted by atomic mass is 9.97. The number of rotatable bonds is 2. The van der Waals surface area contributed by atoms with E-state index in [1.807, 2.05) is 32.9 Å². The van der Waals surface area contributed by atoms with E-state index in [-0.39, 0.29) is 0 Å². The second kappa shape index (κ2) is 5.39. The van der Waals surface area contributed by atoms with Gasteiger partial charge in [0.15, 0.2) is 11.5 Å². The molecule has 4 nitrogen and oxygen atoms in total. The van der Waals surface area contributed by atoms with Crippen LogP contribution < -0.4 is 9.47 Å². The van der Waals surface area contributed by atoms with Gasteiger partial charge in [-0.15, -0.1) is 0 Å². The minimum Gasteiger partial charge on any atom is -0.486 e. The lowest BCUT2D eigenvalue weighted by molar-refractivity contribution is 0.169. The molecule has 0 bridgehead atoms. The van der Waals surface area contributed by atoms with Crippen molar-refractivity contribution in [1.29, 1.82) is 0 Å². The topological polar surface area (TPSA) is 51.8 Å². The van der Waals surface area contributed by atoms with Gasteiger partial charge in [-0.25, -0.2) is 0 Å². The highest BCUT2D eigenvalue weighted by Gasteiger charge is 2.25. The molecular weight excluding hydrogens is 336 g/mol. The fourth-order valence-corrected chi connectivity index (χ4v) is 3.20. The predicted molar refractivity (Wildman–Crippen MR) is 82.1 cm³/mol. The van der Waals surface area contributed by atoms with Gasteiger partial charge >= 0.3 is 0 Å². The van der Waals surface area contributed by atoms with Crippen molar-refractivity contribution in [3.8, 4) is 11.5 Å². The van der Waals surface area contributed by atoms with Gasteiger partial charge in [0, 0.05) is 15.6 Å². The molecule has 3 rings (SSSR count). The van der Waals surface area contributed by atoms with Crippen LogP contribution in [0.25, 0.3) is 0 Å². The maximum Gasteiger partial charge on any atom is 0.162 e. The van der Waals surface area contributed by atoms with Crippen molar-refractivity contribution in [1.82, 2.24) is 0 Å². The molecule has 1 aromatic carbocycles. The molecule has 0 aliphatic carbocycles. The van der Waals surface area contributed by atoms with E-state index >= 15 is 0 Å². The minimum absolute atomic E-state index is 0.521. The average Bonchev–Trinajstić information content (AvgIpc) is 2.70. The summed E-state index contributed by atoms with van der Waals surface area (Å²) in [4.78, 5) is 0. The number of aliphatic hydroxyl groups excluding tert-OH is 1. The molecule has 21 heavy (non-hydrogen) atoms. The first-order valence-electron chi connectivity index (χ1n) is 6.82. The number of hydrogen-bond donors (Lipinski definition) is 1. The highest BCUT2D eigenvalue weighted by atomic mass is 79.9. The zero-order valence-electron chi connectivity index (χ0n) is 12.2. The van der Waals surface area contributed by atoms with Gasteiger partial charge in [-0.05, 0) is 38.5 Å². The molecule has 2 aromatic rings. The Kier molecular flexibility index (Phi) is 3.71. The fraction of sp³-hybridized carbons (Fsp3) is 0.375. The van der Waals surface area contributed by atoms with Gasteiger partial charge in [0.05, 0.1) is 0 Å². The van der Waals surface area contributed by atoms with Gasteiger partial charge < -0.3 is 19.0 Å². The first kappa shape index (κ1) is 14.5. The summed E-state index contributed by atoms with van der Waals surface area (Å²) in [5.41, 5.74) is 2.53. The van der Waals surface area contributed by atoms with Crippen LogP contribution in [-0.2, 0) is 0 Å². The molecule has 0 amide bonds. The van der Waals surface area contributed by atoms with Crippen LogP contribution in [0.15, 0.2) is 21.0 Å². The summed E-state index contributed by atoms with van der Waals surface area (Å²) < 4.78 is 17.5. The standard InChI is InChI=1S/C16H17BrO4/c1-8-9(2)21-10(3)15(8)16(18)11-6-13-14(7-12(11)17)20-5-4-19-13/h6-7,16,18H,4-5H2,1-3H3. The molecular formula is C16H17BrO4. The number of halogens is 1. The minimum atomic E-state index is -0.771. The number of hydrogen-bond acceptors (Lipinski definition) is 4. The van der Waals surface area contributed by atoms with E-state index in [9.17, 15) is 5.11 Å². The molecule has 1 aromatic heterocycles. The molecule has 1 aliphatic heterocycles. The van der Waals surface area contributed by atoms with Crippen LogP contribution in [0.1, 0.15) is 34.3 Å². The average molecular weight is 353 g/mol. The van der Waals surface area contributed by atoms with Gasteiger partial charge in [-0.1, -0.05) is 15.9 Å². The first-order valence-corrected chi connectivity index (χ1v) is 7.62. The van der Waals surface area contributed by atoms with Crippen molar-refractivity contribution in [2.75, 3.05) is 13.2 Å². The normalized spacial score (nSPS) is 15.1. The molecule has 1 N–H and O–H groups in total. The van der Waals surface area contributed by atoms with Crippen molar-refractivity contribution in [3.63, 3.8) is 0 Å². The monoisotopic (exact) mass is 352 g/mol. The third-order valence-electron chi connectivity index (χ3n) is 3.85. The van der Waals surface area contributed by atoms with Gasteiger partial charge in [-0.3, -0.25) is 0 Å². The number of benzene rings is 1. The number of aliphatic hydroxyl groups is 1. The fourth-order valence-electron chi connectivity index (χ4n) is 2.66. The summed E-state index contributed by atoms with van der Waals surface area (Å²) in [7, 11) is 0. The Labute approximate surface area is 131 Å². The van der Waals surface area contributed by atoms with Gasteiger partial charge in [-0.2, -0.15) is 0 Å². The van der Waals surface area contributed by atoms with Crippen molar-refractivity contribution in [2.45, 2.75) is 26.9 Å². The van der Waals surface area contributed by atoms with E-state index in [0.29, 0.717) is 24.7 Å². The quantitative estimate of drug-likeness (QED) is 0.892. The third-order valence-corrected chi connectivity index (χ3v) is 4.53. The smallest absolute Gasteiger partial charge is 0.162 e. The van der Waals surface area contributed by atoms with Crippen LogP contribution in [0.5, 0.6) is 11.5 Å². The molecule has 1 atom stereocenters. The lowest BCUT2D eigenvalue weighted by Gasteiger charge is -2.21. The molecule has 5 heteroatoms. The van der Waals surface area contributed by atoms with Crippen molar-refractivity contribution in [3.05, 3.63) is 44.8 Å². The third kappa shape index (κ3) is 2.45. The molecule has 1 aliphatic rings. The summed E-state index contributed by atoms with van der Waals surface area (Å²) in [5, 5.41) is 10.8. The molecule has 112 valence electrons. The molecule has 0 spiro atoms. The molecule has 0 fully saturated rings. The number of ether oxygens (including phenoxy) is 2. The van der Waals surface area contributed by atoms with Crippen molar-refractivity contribution >= 4 is 15.9 Å². The Morgan fingerprint density at radius 3 is 2.24 bits per heavy atom. The maximum absolute atomic E-state index is 10.8. The molecule has 0 radical (unpaired) electrons. The van der Waals surface area contributed by atoms with E-state index in [1.165, 1.54) is 0 Å². The Balaban J connectivity index is 2.07. The van der Waals surface area contributed by atoms with Gasteiger partial charge in [0.25, 0.3) is 0 Å². The molecule has 1 unspecified atom stereocenters. The number of fused-ring (bicyclic) bond motifs is 1. The van der Waals surface area contributed by atoms with E-state index in [1.54, 1.807) is 0 Å². The Morgan fingerprint density at radius 2 is 1.67 bits per heavy atom. The van der Waals surface area contributed by atoms with Crippen LogP contribution in [0.2, 0.25) is 0 Å². The largest absolute Gasteiger partial charge is 0.486 e. The number of aryl methyl sites for hydroxylation is 2. The van der Waals surface area contributed by atoms with Crippen LogP contribution >= 0.6 is 15.9 Å². The summed E-state index contributed by atoms with van der Waals surface area (Å²) in [6, 6.07) is 3.66.